The van der Waals surface area contributed by atoms with Crippen LogP contribution in [0.25, 0.3) is 22.1 Å². The number of thioether (sulfide) groups is 1. The Labute approximate surface area is 154 Å². The topological polar surface area (TPSA) is 68.0 Å². The van der Waals surface area contributed by atoms with Gasteiger partial charge in [0.1, 0.15) is 22.5 Å². The molecule has 2 heterocycles. The molecule has 2 aromatic carbocycles. The van der Waals surface area contributed by atoms with Gasteiger partial charge in [0.25, 0.3) is 0 Å². The predicted octanol–water partition coefficient (Wildman–Crippen LogP) is 3.83. The van der Waals surface area contributed by atoms with E-state index in [1.807, 2.05) is 42.5 Å². The van der Waals surface area contributed by atoms with Gasteiger partial charge in [0.15, 0.2) is 5.58 Å². The van der Waals surface area contributed by atoms with Gasteiger partial charge in [0, 0.05) is 11.9 Å². The normalized spacial score (nSPS) is 11.1. The highest BCUT2D eigenvalue weighted by atomic mass is 32.2. The molecule has 4 aromatic rings. The summed E-state index contributed by atoms with van der Waals surface area (Å²) in [6.07, 6.45) is 2.33. The smallest absolute Gasteiger partial charge is 0.230 e. The van der Waals surface area contributed by atoms with Crippen LogP contribution in [-0.4, -0.2) is 28.2 Å². The van der Waals surface area contributed by atoms with Gasteiger partial charge in [-0.05, 0) is 24.1 Å². The molecule has 0 unspecified atom stereocenters. The van der Waals surface area contributed by atoms with E-state index in [1.54, 1.807) is 0 Å². The van der Waals surface area contributed by atoms with Crippen LogP contribution >= 0.6 is 11.8 Å². The zero-order valence-electron chi connectivity index (χ0n) is 14.0. The predicted molar refractivity (Wildman–Crippen MR) is 103 cm³/mol. The van der Waals surface area contributed by atoms with Crippen molar-refractivity contribution in [2.75, 3.05) is 12.3 Å². The van der Waals surface area contributed by atoms with E-state index in [0.29, 0.717) is 17.2 Å². The Hall–Kier alpha value is -2.86. The van der Waals surface area contributed by atoms with E-state index in [9.17, 15) is 4.79 Å². The summed E-state index contributed by atoms with van der Waals surface area (Å²) in [5, 5.41) is 4.58. The summed E-state index contributed by atoms with van der Waals surface area (Å²) >= 11 is 1.36. The van der Waals surface area contributed by atoms with Crippen LogP contribution in [0, 0.1) is 0 Å². The van der Waals surface area contributed by atoms with Crippen molar-refractivity contribution in [3.8, 4) is 0 Å². The monoisotopic (exact) mass is 363 g/mol. The molecule has 0 fully saturated rings. The summed E-state index contributed by atoms with van der Waals surface area (Å²) in [5.74, 6) is 0.270. The van der Waals surface area contributed by atoms with Crippen LogP contribution in [0.1, 0.15) is 5.56 Å². The average molecular weight is 363 g/mol. The summed E-state index contributed by atoms with van der Waals surface area (Å²) in [6.45, 7) is 0.618. The van der Waals surface area contributed by atoms with E-state index in [-0.39, 0.29) is 11.7 Å². The molecule has 130 valence electrons. The summed E-state index contributed by atoms with van der Waals surface area (Å²) in [5.41, 5.74) is 3.40. The first-order valence-electron chi connectivity index (χ1n) is 8.37. The first kappa shape index (κ1) is 16.6. The fraction of sp³-hybridized carbons (Fsp3) is 0.150. The lowest BCUT2D eigenvalue weighted by atomic mass is 10.1. The van der Waals surface area contributed by atoms with E-state index in [4.69, 9.17) is 4.42 Å². The molecule has 26 heavy (non-hydrogen) atoms. The largest absolute Gasteiger partial charge is 0.451 e. The zero-order valence-corrected chi connectivity index (χ0v) is 14.8. The molecule has 4 rings (SSSR count). The molecule has 0 spiro atoms. The molecule has 0 bridgehead atoms. The second kappa shape index (κ2) is 7.58. The Bertz CT molecular complexity index is 1050. The molecule has 0 aliphatic heterocycles. The van der Waals surface area contributed by atoms with Gasteiger partial charge in [0.2, 0.25) is 5.91 Å². The maximum absolute atomic E-state index is 12.1. The first-order valence-corrected chi connectivity index (χ1v) is 9.35. The number of furan rings is 1. The average Bonchev–Trinajstić information content (AvgIpc) is 3.06. The number of para-hydroxylation sites is 1. The van der Waals surface area contributed by atoms with Crippen molar-refractivity contribution in [2.24, 2.45) is 0 Å². The number of carbonyl (C=O) groups excluding carboxylic acids is 1. The minimum atomic E-state index is -0.0196. The van der Waals surface area contributed by atoms with E-state index in [1.165, 1.54) is 23.7 Å². The van der Waals surface area contributed by atoms with E-state index in [2.05, 4.69) is 27.4 Å². The number of hydrogen-bond donors (Lipinski definition) is 1. The molecule has 5 nitrogen and oxygen atoms in total. The summed E-state index contributed by atoms with van der Waals surface area (Å²) in [7, 11) is 0. The molecule has 0 aliphatic rings. The fourth-order valence-electron chi connectivity index (χ4n) is 2.78. The number of nitrogens with zero attached hydrogens (tertiary/aromatic N) is 2. The Morgan fingerprint density at radius 3 is 2.73 bits per heavy atom. The van der Waals surface area contributed by atoms with Crippen LogP contribution in [0.4, 0.5) is 0 Å². The highest BCUT2D eigenvalue weighted by Gasteiger charge is 2.14. The molecule has 6 heteroatoms. The molecule has 1 N–H and O–H groups in total. The van der Waals surface area contributed by atoms with E-state index < -0.39 is 0 Å². The minimum Gasteiger partial charge on any atom is -0.451 e. The molecule has 1 amide bonds. The van der Waals surface area contributed by atoms with Crippen molar-refractivity contribution < 1.29 is 9.21 Å². The molecule has 0 radical (unpaired) electrons. The summed E-state index contributed by atoms with van der Waals surface area (Å²) in [6, 6.07) is 17.8. The van der Waals surface area contributed by atoms with Gasteiger partial charge in [-0.1, -0.05) is 54.2 Å². The van der Waals surface area contributed by atoms with Crippen molar-refractivity contribution in [1.29, 1.82) is 0 Å². The standard InChI is InChI=1S/C20H17N3O2S/c24-17(21-11-10-14-6-2-1-3-7-14)12-26-20-19-18(22-13-23-20)15-8-4-5-9-16(15)25-19/h1-9,13H,10-12H2,(H,21,24). The van der Waals surface area contributed by atoms with Crippen molar-refractivity contribution in [2.45, 2.75) is 11.4 Å². The third-order valence-electron chi connectivity index (χ3n) is 4.04. The van der Waals surface area contributed by atoms with Gasteiger partial charge in [-0.3, -0.25) is 4.79 Å². The number of aromatic nitrogens is 2. The highest BCUT2D eigenvalue weighted by molar-refractivity contribution is 8.00. The Morgan fingerprint density at radius 1 is 1.04 bits per heavy atom. The maximum Gasteiger partial charge on any atom is 0.230 e. The van der Waals surface area contributed by atoms with Gasteiger partial charge in [0.05, 0.1) is 5.75 Å². The van der Waals surface area contributed by atoms with Gasteiger partial charge in [-0.25, -0.2) is 9.97 Å². The molecule has 2 aromatic heterocycles. The Kier molecular flexibility index (Phi) is 4.84. The third kappa shape index (κ3) is 3.55. The van der Waals surface area contributed by atoms with Gasteiger partial charge < -0.3 is 9.73 Å². The second-order valence-corrected chi connectivity index (χ2v) is 6.79. The molecule has 0 aliphatic carbocycles. The van der Waals surface area contributed by atoms with Crippen LogP contribution in [0.15, 0.2) is 70.4 Å². The molecule has 0 saturated heterocycles. The van der Waals surface area contributed by atoms with Crippen LogP contribution < -0.4 is 5.32 Å². The van der Waals surface area contributed by atoms with Crippen LogP contribution in [0.3, 0.4) is 0 Å². The summed E-state index contributed by atoms with van der Waals surface area (Å²) in [4.78, 5) is 20.7. The van der Waals surface area contributed by atoms with Gasteiger partial charge >= 0.3 is 0 Å². The molecular formula is C20H17N3O2S. The van der Waals surface area contributed by atoms with Gasteiger partial charge in [-0.15, -0.1) is 0 Å². The second-order valence-electron chi connectivity index (χ2n) is 5.83. The van der Waals surface area contributed by atoms with Crippen LogP contribution in [-0.2, 0) is 11.2 Å². The minimum absolute atomic E-state index is 0.0196. The number of fused-ring (bicyclic) bond motifs is 3. The number of nitrogens with one attached hydrogen (secondary N) is 1. The van der Waals surface area contributed by atoms with Crippen LogP contribution in [0.2, 0.25) is 0 Å². The summed E-state index contributed by atoms with van der Waals surface area (Å²) < 4.78 is 5.88. The number of rotatable bonds is 6. The number of carbonyl (C=O) groups is 1. The highest BCUT2D eigenvalue weighted by Crippen LogP contribution is 2.32. The van der Waals surface area contributed by atoms with E-state index >= 15 is 0 Å². The lowest BCUT2D eigenvalue weighted by Crippen LogP contribution is -2.27. The fourth-order valence-corrected chi connectivity index (χ4v) is 3.54. The van der Waals surface area contributed by atoms with Gasteiger partial charge in [-0.2, -0.15) is 0 Å². The number of benzene rings is 2. The molecule has 0 saturated carbocycles. The van der Waals surface area contributed by atoms with E-state index in [0.717, 1.165) is 22.9 Å². The Morgan fingerprint density at radius 2 is 1.85 bits per heavy atom. The van der Waals surface area contributed by atoms with Crippen molar-refractivity contribution in [1.82, 2.24) is 15.3 Å². The SMILES string of the molecule is O=C(CSc1ncnc2c1oc1ccccc12)NCCc1ccccc1. The Balaban J connectivity index is 1.39. The molecule has 0 atom stereocenters. The lowest BCUT2D eigenvalue weighted by Gasteiger charge is -2.05. The van der Waals surface area contributed by atoms with Crippen molar-refractivity contribution >= 4 is 39.7 Å². The van der Waals surface area contributed by atoms with Crippen LogP contribution in [0.5, 0.6) is 0 Å². The zero-order chi connectivity index (χ0) is 17.8. The third-order valence-corrected chi connectivity index (χ3v) is 5.01. The quantitative estimate of drug-likeness (QED) is 0.416. The molecular weight excluding hydrogens is 346 g/mol. The lowest BCUT2D eigenvalue weighted by molar-refractivity contribution is -0.118. The van der Waals surface area contributed by atoms with Crippen molar-refractivity contribution in [3.05, 3.63) is 66.5 Å². The first-order chi connectivity index (χ1) is 12.8. The maximum atomic E-state index is 12.1. The number of amides is 1. The van der Waals surface area contributed by atoms with Crippen molar-refractivity contribution in [3.63, 3.8) is 0 Å². The number of hydrogen-bond acceptors (Lipinski definition) is 5.